The van der Waals surface area contributed by atoms with Gasteiger partial charge in [-0.05, 0) is 50.2 Å². The number of benzene rings is 2. The molecule has 28 heavy (non-hydrogen) atoms. The number of hydrogen-bond acceptors (Lipinski definition) is 1. The maximum Gasteiger partial charge on any atom is 0.254 e. The Labute approximate surface area is 167 Å². The summed E-state index contributed by atoms with van der Waals surface area (Å²) in [4.78, 5) is 16.4. The van der Waals surface area contributed by atoms with Gasteiger partial charge in [-0.1, -0.05) is 30.3 Å². The van der Waals surface area contributed by atoms with Gasteiger partial charge in [0.05, 0.1) is 26.2 Å². The zero-order valence-electron chi connectivity index (χ0n) is 16.7. The van der Waals surface area contributed by atoms with E-state index in [0.29, 0.717) is 0 Å². The Hall–Kier alpha value is -2.85. The normalized spacial score (nSPS) is 15.0. The lowest BCUT2D eigenvalue weighted by Gasteiger charge is -2.32. The standard InChI is InChI=1S/C24H27N3O/c1-19-8-9-20(2)27(19)23-12-10-22(11-13-23)24(28)26-16-14-25(15-17-26)18-21-6-4-3-5-7-21/h3-13H,14-18H2,1-2H3/p+1. The van der Waals surface area contributed by atoms with Crippen molar-refractivity contribution >= 4 is 5.91 Å². The molecule has 0 bridgehead atoms. The van der Waals surface area contributed by atoms with Crippen molar-refractivity contribution in [2.75, 3.05) is 26.2 Å². The molecule has 0 spiro atoms. The average molecular weight is 375 g/mol. The van der Waals surface area contributed by atoms with E-state index in [0.717, 1.165) is 44.0 Å². The van der Waals surface area contributed by atoms with Crippen LogP contribution in [0.1, 0.15) is 27.3 Å². The van der Waals surface area contributed by atoms with Crippen LogP contribution in [0, 0.1) is 13.8 Å². The van der Waals surface area contributed by atoms with E-state index in [2.05, 4.69) is 60.9 Å². The molecule has 0 unspecified atom stereocenters. The quantitative estimate of drug-likeness (QED) is 0.748. The molecular weight excluding hydrogens is 346 g/mol. The molecule has 1 fully saturated rings. The second kappa shape index (κ2) is 8.03. The smallest absolute Gasteiger partial charge is 0.254 e. The molecule has 1 aliphatic rings. The Bertz CT molecular complexity index is 916. The van der Waals surface area contributed by atoms with E-state index in [1.807, 2.05) is 29.2 Å². The van der Waals surface area contributed by atoms with Crippen LogP contribution in [0.25, 0.3) is 5.69 Å². The number of nitrogens with one attached hydrogen (secondary N) is 1. The van der Waals surface area contributed by atoms with E-state index in [-0.39, 0.29) is 5.91 Å². The molecule has 4 heteroatoms. The number of piperazine rings is 1. The van der Waals surface area contributed by atoms with Gasteiger partial charge in [0, 0.05) is 28.2 Å². The molecule has 4 rings (SSSR count). The summed E-state index contributed by atoms with van der Waals surface area (Å²) in [6.45, 7) is 8.87. The second-order valence-corrected chi connectivity index (χ2v) is 7.70. The summed E-state index contributed by atoms with van der Waals surface area (Å²) < 4.78 is 2.21. The predicted octanol–water partition coefficient (Wildman–Crippen LogP) is 2.64. The highest BCUT2D eigenvalue weighted by Crippen LogP contribution is 2.17. The number of nitrogens with zero attached hydrogens (tertiary/aromatic N) is 2. The van der Waals surface area contributed by atoms with Crippen molar-refractivity contribution in [2.45, 2.75) is 20.4 Å². The number of rotatable bonds is 4. The minimum atomic E-state index is 0.145. The molecule has 2 aromatic carbocycles. The lowest BCUT2D eigenvalue weighted by molar-refractivity contribution is -0.917. The summed E-state index contributed by atoms with van der Waals surface area (Å²) >= 11 is 0. The van der Waals surface area contributed by atoms with Crippen LogP contribution >= 0.6 is 0 Å². The average Bonchev–Trinajstić information content (AvgIpc) is 3.07. The van der Waals surface area contributed by atoms with Crippen LogP contribution in [0.4, 0.5) is 0 Å². The summed E-state index contributed by atoms with van der Waals surface area (Å²) in [5, 5.41) is 0. The number of carbonyl (C=O) groups is 1. The van der Waals surface area contributed by atoms with Gasteiger partial charge < -0.3 is 14.4 Å². The molecule has 1 amide bonds. The molecule has 4 nitrogen and oxygen atoms in total. The zero-order valence-corrected chi connectivity index (χ0v) is 16.7. The van der Waals surface area contributed by atoms with Crippen LogP contribution in [-0.4, -0.2) is 41.6 Å². The molecule has 0 atom stereocenters. The van der Waals surface area contributed by atoms with Crippen molar-refractivity contribution in [1.82, 2.24) is 9.47 Å². The summed E-state index contributed by atoms with van der Waals surface area (Å²) in [5.41, 5.74) is 5.65. The van der Waals surface area contributed by atoms with Gasteiger partial charge in [0.25, 0.3) is 5.91 Å². The van der Waals surface area contributed by atoms with E-state index < -0.39 is 0 Å². The fraction of sp³-hybridized carbons (Fsp3) is 0.292. The number of quaternary nitrogens is 1. The summed E-state index contributed by atoms with van der Waals surface area (Å²) in [7, 11) is 0. The Morgan fingerprint density at radius 2 is 1.46 bits per heavy atom. The molecule has 1 aliphatic heterocycles. The summed E-state index contributed by atoms with van der Waals surface area (Å²) in [5.74, 6) is 0.145. The van der Waals surface area contributed by atoms with Crippen molar-refractivity contribution in [3.8, 4) is 5.69 Å². The Kier molecular flexibility index (Phi) is 5.31. The molecule has 0 radical (unpaired) electrons. The molecule has 0 aliphatic carbocycles. The highest BCUT2D eigenvalue weighted by atomic mass is 16.2. The van der Waals surface area contributed by atoms with E-state index in [1.54, 1.807) is 4.90 Å². The fourth-order valence-electron chi connectivity index (χ4n) is 4.10. The second-order valence-electron chi connectivity index (χ2n) is 7.70. The Morgan fingerprint density at radius 3 is 2.07 bits per heavy atom. The van der Waals surface area contributed by atoms with Crippen molar-refractivity contribution in [3.05, 3.63) is 89.2 Å². The van der Waals surface area contributed by atoms with Crippen molar-refractivity contribution < 1.29 is 9.69 Å². The van der Waals surface area contributed by atoms with Gasteiger partial charge in [-0.15, -0.1) is 0 Å². The van der Waals surface area contributed by atoms with Crippen LogP contribution in [-0.2, 0) is 6.54 Å². The Morgan fingerprint density at radius 1 is 0.857 bits per heavy atom. The van der Waals surface area contributed by atoms with Gasteiger partial charge in [-0.25, -0.2) is 0 Å². The van der Waals surface area contributed by atoms with E-state index in [4.69, 9.17) is 0 Å². The molecular formula is C24H28N3O+. The zero-order chi connectivity index (χ0) is 19.5. The van der Waals surface area contributed by atoms with Gasteiger partial charge in [-0.2, -0.15) is 0 Å². The van der Waals surface area contributed by atoms with Crippen molar-refractivity contribution in [3.63, 3.8) is 0 Å². The minimum absolute atomic E-state index is 0.145. The van der Waals surface area contributed by atoms with Gasteiger partial charge in [-0.3, -0.25) is 4.79 Å². The van der Waals surface area contributed by atoms with Gasteiger partial charge in [0.15, 0.2) is 0 Å². The van der Waals surface area contributed by atoms with Gasteiger partial charge >= 0.3 is 0 Å². The van der Waals surface area contributed by atoms with E-state index in [9.17, 15) is 4.79 Å². The molecule has 0 saturated carbocycles. The fourth-order valence-corrected chi connectivity index (χ4v) is 4.10. The van der Waals surface area contributed by atoms with Gasteiger partial charge in [0.2, 0.25) is 0 Å². The van der Waals surface area contributed by atoms with E-state index in [1.165, 1.54) is 17.0 Å². The predicted molar refractivity (Wildman–Crippen MR) is 112 cm³/mol. The summed E-state index contributed by atoms with van der Waals surface area (Å²) in [6, 6.07) is 22.8. The van der Waals surface area contributed by atoms with Crippen molar-refractivity contribution in [2.24, 2.45) is 0 Å². The number of amides is 1. The SMILES string of the molecule is Cc1ccc(C)n1-c1ccc(C(=O)N2CC[NH+](Cc3ccccc3)CC2)cc1. The maximum atomic E-state index is 12.9. The van der Waals surface area contributed by atoms with Crippen LogP contribution in [0.3, 0.4) is 0 Å². The van der Waals surface area contributed by atoms with Crippen LogP contribution < -0.4 is 4.90 Å². The number of aryl methyl sites for hydroxylation is 2. The largest absolute Gasteiger partial charge is 0.328 e. The van der Waals surface area contributed by atoms with E-state index >= 15 is 0 Å². The number of aromatic nitrogens is 1. The topological polar surface area (TPSA) is 29.7 Å². The third-order valence-corrected chi connectivity index (χ3v) is 5.70. The molecule has 1 N–H and O–H groups in total. The maximum absolute atomic E-state index is 12.9. The molecule has 144 valence electrons. The number of hydrogen-bond donors (Lipinski definition) is 1. The third-order valence-electron chi connectivity index (χ3n) is 5.70. The molecule has 1 saturated heterocycles. The highest BCUT2D eigenvalue weighted by Gasteiger charge is 2.24. The third kappa shape index (κ3) is 3.87. The lowest BCUT2D eigenvalue weighted by Crippen LogP contribution is -3.13. The van der Waals surface area contributed by atoms with Crippen LogP contribution in [0.15, 0.2) is 66.7 Å². The highest BCUT2D eigenvalue weighted by molar-refractivity contribution is 5.94. The molecule has 2 heterocycles. The minimum Gasteiger partial charge on any atom is -0.328 e. The molecule has 1 aromatic heterocycles. The monoisotopic (exact) mass is 374 g/mol. The first kappa shape index (κ1) is 18.5. The first-order valence-corrected chi connectivity index (χ1v) is 10.0. The van der Waals surface area contributed by atoms with Crippen molar-refractivity contribution in [1.29, 1.82) is 0 Å². The van der Waals surface area contributed by atoms with Crippen LogP contribution in [0.5, 0.6) is 0 Å². The Balaban J connectivity index is 1.37. The first-order valence-electron chi connectivity index (χ1n) is 10.0. The molecule has 3 aromatic rings. The lowest BCUT2D eigenvalue weighted by atomic mass is 10.1. The van der Waals surface area contributed by atoms with Crippen LogP contribution in [0.2, 0.25) is 0 Å². The number of carbonyl (C=O) groups excluding carboxylic acids is 1. The van der Waals surface area contributed by atoms with Gasteiger partial charge in [0.1, 0.15) is 6.54 Å². The first-order chi connectivity index (χ1) is 13.6. The summed E-state index contributed by atoms with van der Waals surface area (Å²) in [6.07, 6.45) is 0.